The highest BCUT2D eigenvalue weighted by Crippen LogP contribution is 2.60. The van der Waals surface area contributed by atoms with Crippen molar-refractivity contribution in [3.05, 3.63) is 0 Å². The molecule has 4 fully saturated rings. The number of amides is 1. The Morgan fingerprint density at radius 2 is 1.68 bits per heavy atom. The average Bonchev–Trinajstić information content (AvgIpc) is 2.33. The zero-order valence-electron chi connectivity index (χ0n) is 12.4. The molecule has 108 valence electrons. The monoisotopic (exact) mass is 264 g/mol. The van der Waals surface area contributed by atoms with Crippen molar-refractivity contribution in [3.63, 3.8) is 0 Å². The lowest BCUT2D eigenvalue weighted by molar-refractivity contribution is -0.156. The highest BCUT2D eigenvalue weighted by molar-refractivity contribution is 5.83. The van der Waals surface area contributed by atoms with Gasteiger partial charge >= 0.3 is 0 Å². The van der Waals surface area contributed by atoms with Gasteiger partial charge in [0.25, 0.3) is 0 Å². The van der Waals surface area contributed by atoms with Gasteiger partial charge in [-0.1, -0.05) is 0 Å². The quantitative estimate of drug-likeness (QED) is 0.847. The Hall–Kier alpha value is -0.570. The van der Waals surface area contributed by atoms with Crippen LogP contribution in [0.3, 0.4) is 0 Å². The topological polar surface area (TPSA) is 46.3 Å². The van der Waals surface area contributed by atoms with E-state index in [0.29, 0.717) is 5.91 Å². The van der Waals surface area contributed by atoms with Gasteiger partial charge in [0.15, 0.2) is 0 Å². The lowest BCUT2D eigenvalue weighted by atomic mass is 9.49. The van der Waals surface area contributed by atoms with Gasteiger partial charge in [0, 0.05) is 19.6 Å². The van der Waals surface area contributed by atoms with Crippen molar-refractivity contribution in [1.82, 2.24) is 4.90 Å². The molecule has 0 aromatic carbocycles. The summed E-state index contributed by atoms with van der Waals surface area (Å²) >= 11 is 0. The minimum Gasteiger partial charge on any atom is -0.345 e. The summed E-state index contributed by atoms with van der Waals surface area (Å²) in [5, 5.41) is 0. The molecule has 4 aliphatic carbocycles. The maximum atomic E-state index is 12.9. The van der Waals surface area contributed by atoms with Crippen LogP contribution in [0.2, 0.25) is 0 Å². The Morgan fingerprint density at radius 3 is 2.11 bits per heavy atom. The molecule has 0 heterocycles. The van der Waals surface area contributed by atoms with Crippen LogP contribution in [-0.2, 0) is 4.79 Å². The lowest BCUT2D eigenvalue weighted by Crippen LogP contribution is -2.54. The molecule has 3 heteroatoms. The van der Waals surface area contributed by atoms with Crippen LogP contribution in [0.25, 0.3) is 0 Å². The molecule has 4 bridgehead atoms. The summed E-state index contributed by atoms with van der Waals surface area (Å²) in [5.74, 6) is 2.96. The zero-order valence-corrected chi connectivity index (χ0v) is 12.4. The highest BCUT2D eigenvalue weighted by atomic mass is 16.2. The smallest absolute Gasteiger partial charge is 0.228 e. The average molecular weight is 264 g/mol. The van der Waals surface area contributed by atoms with Crippen molar-refractivity contribution in [2.75, 3.05) is 13.6 Å². The second-order valence-corrected chi connectivity index (χ2v) is 7.69. The maximum absolute atomic E-state index is 12.9. The second kappa shape index (κ2) is 4.76. The third-order valence-electron chi connectivity index (χ3n) is 5.76. The second-order valence-electron chi connectivity index (χ2n) is 7.69. The largest absolute Gasteiger partial charge is 0.345 e. The maximum Gasteiger partial charge on any atom is 0.228 e. The Labute approximate surface area is 116 Å². The van der Waals surface area contributed by atoms with E-state index < -0.39 is 0 Å². The Morgan fingerprint density at radius 1 is 1.21 bits per heavy atom. The van der Waals surface area contributed by atoms with Gasteiger partial charge in [-0.3, -0.25) is 4.79 Å². The van der Waals surface area contributed by atoms with E-state index >= 15 is 0 Å². The Kier molecular flexibility index (Phi) is 3.36. The first kappa shape index (κ1) is 13.4. The molecule has 1 atom stereocenters. The predicted octanol–water partition coefficient (Wildman–Crippen LogP) is 2.40. The van der Waals surface area contributed by atoms with E-state index in [1.54, 1.807) is 0 Å². The number of carbonyl (C=O) groups is 1. The first-order valence-electron chi connectivity index (χ1n) is 7.99. The fourth-order valence-electron chi connectivity index (χ4n) is 5.28. The fraction of sp³-hybridized carbons (Fsp3) is 0.938. The van der Waals surface area contributed by atoms with E-state index in [1.165, 1.54) is 38.5 Å². The molecule has 3 nitrogen and oxygen atoms in total. The third kappa shape index (κ3) is 2.42. The first-order chi connectivity index (χ1) is 8.98. The van der Waals surface area contributed by atoms with Crippen LogP contribution in [0.4, 0.5) is 0 Å². The highest BCUT2D eigenvalue weighted by Gasteiger charge is 2.55. The Balaban J connectivity index is 1.69. The van der Waals surface area contributed by atoms with Gasteiger partial charge < -0.3 is 10.6 Å². The lowest BCUT2D eigenvalue weighted by Gasteiger charge is -2.56. The molecule has 0 aliphatic heterocycles. The van der Waals surface area contributed by atoms with Crippen molar-refractivity contribution >= 4 is 5.91 Å². The molecule has 2 N–H and O–H groups in total. The van der Waals surface area contributed by atoms with Gasteiger partial charge in [0.05, 0.1) is 5.41 Å². The van der Waals surface area contributed by atoms with Crippen molar-refractivity contribution in [2.45, 2.75) is 57.9 Å². The van der Waals surface area contributed by atoms with E-state index in [2.05, 4.69) is 0 Å². The minimum absolute atomic E-state index is 0.0152. The minimum atomic E-state index is 0.0152. The fourth-order valence-corrected chi connectivity index (χ4v) is 5.28. The standard InChI is InChI=1S/C16H28N2O/c1-11(17)3-4-18(2)15(19)16-8-12-5-13(9-16)7-14(6-12)10-16/h11-14H,3-10,17H2,1-2H3. The van der Waals surface area contributed by atoms with E-state index in [9.17, 15) is 4.79 Å². The molecule has 1 amide bonds. The summed E-state index contributed by atoms with van der Waals surface area (Å²) in [7, 11) is 1.98. The van der Waals surface area contributed by atoms with Crippen molar-refractivity contribution in [1.29, 1.82) is 0 Å². The molecule has 0 spiro atoms. The molecule has 0 radical (unpaired) electrons. The SMILES string of the molecule is CC(N)CCN(C)C(=O)C12CC3CC(CC(C3)C1)C2. The van der Waals surface area contributed by atoms with E-state index in [-0.39, 0.29) is 11.5 Å². The number of nitrogens with two attached hydrogens (primary N) is 1. The summed E-state index contributed by atoms with van der Waals surface area (Å²) < 4.78 is 0. The van der Waals surface area contributed by atoms with E-state index in [1.807, 2.05) is 18.9 Å². The summed E-state index contributed by atoms with van der Waals surface area (Å²) in [6, 6.07) is 0.187. The van der Waals surface area contributed by atoms with Gasteiger partial charge in [0.2, 0.25) is 5.91 Å². The number of carbonyl (C=O) groups excluding carboxylic acids is 1. The van der Waals surface area contributed by atoms with Crippen LogP contribution >= 0.6 is 0 Å². The first-order valence-corrected chi connectivity index (χ1v) is 7.99. The molecule has 0 aromatic heterocycles. The van der Waals surface area contributed by atoms with Crippen LogP contribution in [0.5, 0.6) is 0 Å². The van der Waals surface area contributed by atoms with Crippen LogP contribution < -0.4 is 5.73 Å². The summed E-state index contributed by atoms with van der Waals surface area (Å²) in [5.41, 5.74) is 5.82. The van der Waals surface area contributed by atoms with E-state index in [4.69, 9.17) is 5.73 Å². The van der Waals surface area contributed by atoms with Crippen LogP contribution in [0.1, 0.15) is 51.9 Å². The summed E-state index contributed by atoms with van der Waals surface area (Å²) in [4.78, 5) is 14.9. The normalized spacial score (nSPS) is 41.3. The van der Waals surface area contributed by atoms with Gasteiger partial charge in [-0.05, 0) is 69.6 Å². The van der Waals surface area contributed by atoms with Crippen molar-refractivity contribution in [3.8, 4) is 0 Å². The molecule has 0 saturated heterocycles. The molecular formula is C16H28N2O. The van der Waals surface area contributed by atoms with Gasteiger partial charge in [-0.15, -0.1) is 0 Å². The van der Waals surface area contributed by atoms with Gasteiger partial charge in [-0.25, -0.2) is 0 Å². The molecule has 19 heavy (non-hydrogen) atoms. The van der Waals surface area contributed by atoms with Crippen LogP contribution in [0.15, 0.2) is 0 Å². The van der Waals surface area contributed by atoms with Crippen LogP contribution in [-0.4, -0.2) is 30.4 Å². The van der Waals surface area contributed by atoms with Crippen molar-refractivity contribution < 1.29 is 4.79 Å². The predicted molar refractivity (Wildman–Crippen MR) is 76.5 cm³/mol. The number of hydrogen-bond acceptors (Lipinski definition) is 2. The van der Waals surface area contributed by atoms with E-state index in [0.717, 1.165) is 30.7 Å². The molecule has 4 saturated carbocycles. The molecule has 4 rings (SSSR count). The molecule has 4 aliphatic rings. The molecule has 1 unspecified atom stereocenters. The summed E-state index contributed by atoms with van der Waals surface area (Å²) in [6.45, 7) is 2.83. The van der Waals surface area contributed by atoms with Crippen LogP contribution in [0, 0.1) is 23.2 Å². The molecule has 0 aromatic rings. The number of nitrogens with zero attached hydrogens (tertiary/aromatic N) is 1. The molecular weight excluding hydrogens is 236 g/mol. The Bertz CT molecular complexity index is 328. The number of rotatable bonds is 4. The third-order valence-corrected chi connectivity index (χ3v) is 5.76. The zero-order chi connectivity index (χ0) is 13.6. The summed E-state index contributed by atoms with van der Waals surface area (Å²) in [6.07, 6.45) is 8.61. The van der Waals surface area contributed by atoms with Gasteiger partial charge in [-0.2, -0.15) is 0 Å². The number of hydrogen-bond donors (Lipinski definition) is 1. The van der Waals surface area contributed by atoms with Crippen molar-refractivity contribution in [2.24, 2.45) is 28.9 Å². The van der Waals surface area contributed by atoms with Gasteiger partial charge in [0.1, 0.15) is 0 Å².